The van der Waals surface area contributed by atoms with Gasteiger partial charge in [0.05, 0.1) is 12.3 Å². The Kier molecular flexibility index (Phi) is 4.74. The number of aliphatic hydroxyl groups excluding tert-OH is 1. The van der Waals surface area contributed by atoms with Crippen LogP contribution in [0.1, 0.15) is 35.2 Å². The fourth-order valence-corrected chi connectivity index (χ4v) is 1.88. The average Bonchev–Trinajstić information content (AvgIpc) is 3.05. The largest absolute Gasteiger partial charge is 0.393 e. The zero-order valence-electron chi connectivity index (χ0n) is 12.5. The van der Waals surface area contributed by atoms with E-state index in [1.165, 1.54) is 4.90 Å². The number of rotatable bonds is 6. The Balaban J connectivity index is 1.97. The van der Waals surface area contributed by atoms with Crippen molar-refractivity contribution >= 4 is 5.91 Å². The van der Waals surface area contributed by atoms with Gasteiger partial charge in [-0.15, -0.1) is 0 Å². The summed E-state index contributed by atoms with van der Waals surface area (Å²) >= 11 is 0. The molecule has 0 saturated heterocycles. The van der Waals surface area contributed by atoms with Crippen molar-refractivity contribution in [2.75, 3.05) is 13.6 Å². The minimum absolute atomic E-state index is 0.220. The van der Waals surface area contributed by atoms with Crippen LogP contribution in [-0.2, 0) is 6.54 Å². The predicted octanol–water partition coefficient (Wildman–Crippen LogP) is 1.07. The maximum Gasteiger partial charge on any atom is 0.275 e. The van der Waals surface area contributed by atoms with Crippen LogP contribution in [0.5, 0.6) is 0 Å². The van der Waals surface area contributed by atoms with Crippen molar-refractivity contribution in [3.8, 4) is 0 Å². The molecule has 2 aromatic heterocycles. The second-order valence-corrected chi connectivity index (χ2v) is 5.26. The van der Waals surface area contributed by atoms with Gasteiger partial charge < -0.3 is 14.5 Å². The lowest BCUT2D eigenvalue weighted by atomic mass is 10.2. The van der Waals surface area contributed by atoms with Gasteiger partial charge in [0.25, 0.3) is 5.91 Å². The number of amides is 1. The highest BCUT2D eigenvalue weighted by Crippen LogP contribution is 2.09. The third-order valence-corrected chi connectivity index (χ3v) is 3.09. The van der Waals surface area contributed by atoms with E-state index in [1.54, 1.807) is 30.9 Å². The maximum atomic E-state index is 12.1. The Morgan fingerprint density at radius 1 is 1.57 bits per heavy atom. The van der Waals surface area contributed by atoms with Crippen LogP contribution < -0.4 is 0 Å². The summed E-state index contributed by atoms with van der Waals surface area (Å²) in [6.45, 7) is 4.55. The molecule has 0 bridgehead atoms. The van der Waals surface area contributed by atoms with E-state index >= 15 is 0 Å². The first-order valence-corrected chi connectivity index (χ1v) is 6.84. The molecule has 7 nitrogen and oxygen atoms in total. The minimum atomic E-state index is -0.434. The average molecular weight is 292 g/mol. The Hall–Kier alpha value is -2.15. The number of aryl methyl sites for hydroxylation is 1. The number of nitrogens with zero attached hydrogens (tertiary/aromatic N) is 4. The summed E-state index contributed by atoms with van der Waals surface area (Å²) in [7, 11) is 1.68. The summed E-state index contributed by atoms with van der Waals surface area (Å²) in [5.74, 6) is 0.354. The molecule has 7 heteroatoms. The third kappa shape index (κ3) is 4.16. The van der Waals surface area contributed by atoms with Gasteiger partial charge in [0.1, 0.15) is 6.54 Å². The van der Waals surface area contributed by atoms with E-state index in [9.17, 15) is 9.90 Å². The molecule has 0 spiro atoms. The van der Waals surface area contributed by atoms with Gasteiger partial charge in [-0.2, -0.15) is 5.10 Å². The molecule has 21 heavy (non-hydrogen) atoms. The molecular formula is C14H20N4O3. The van der Waals surface area contributed by atoms with E-state index < -0.39 is 6.10 Å². The summed E-state index contributed by atoms with van der Waals surface area (Å²) < 4.78 is 6.89. The van der Waals surface area contributed by atoms with Gasteiger partial charge in [-0.3, -0.25) is 9.48 Å². The summed E-state index contributed by atoms with van der Waals surface area (Å²) in [5.41, 5.74) is 1.32. The van der Waals surface area contributed by atoms with Crippen molar-refractivity contribution < 1.29 is 14.4 Å². The number of aromatic nitrogens is 3. The van der Waals surface area contributed by atoms with Crippen LogP contribution >= 0.6 is 0 Å². The lowest BCUT2D eigenvalue weighted by molar-refractivity contribution is 0.0759. The first-order chi connectivity index (χ1) is 9.95. The highest BCUT2D eigenvalue weighted by molar-refractivity contribution is 5.92. The van der Waals surface area contributed by atoms with Gasteiger partial charge in [-0.25, -0.2) is 0 Å². The van der Waals surface area contributed by atoms with Crippen molar-refractivity contribution in [2.24, 2.45) is 0 Å². The normalized spacial score (nSPS) is 12.4. The molecule has 1 amide bonds. The zero-order valence-corrected chi connectivity index (χ0v) is 12.5. The minimum Gasteiger partial charge on any atom is -0.393 e. The third-order valence-electron chi connectivity index (χ3n) is 3.09. The van der Waals surface area contributed by atoms with Crippen LogP contribution in [0, 0.1) is 6.92 Å². The van der Waals surface area contributed by atoms with Gasteiger partial charge in [0, 0.05) is 25.9 Å². The number of aliphatic hydroxyl groups is 1. The summed E-state index contributed by atoms with van der Waals surface area (Å²) in [4.78, 5) is 13.6. The van der Waals surface area contributed by atoms with Crippen molar-refractivity contribution in [3.63, 3.8) is 0 Å². The van der Waals surface area contributed by atoms with Crippen LogP contribution in [0.2, 0.25) is 0 Å². The quantitative estimate of drug-likeness (QED) is 0.861. The van der Waals surface area contributed by atoms with Crippen LogP contribution in [0.3, 0.4) is 0 Å². The maximum absolute atomic E-state index is 12.1. The standard InChI is InChI=1S/C14H20N4O3/c1-10-7-15-18(8-10)9-12-6-13(16-21-12)14(20)17(3)5-4-11(2)19/h6-8,11,19H,4-5,9H2,1-3H3. The molecule has 2 rings (SSSR count). The molecule has 0 saturated carbocycles. The van der Waals surface area contributed by atoms with E-state index in [0.29, 0.717) is 25.3 Å². The Labute approximate surface area is 123 Å². The SMILES string of the molecule is Cc1cnn(Cc2cc(C(=O)N(C)CCC(C)O)no2)c1. The van der Waals surface area contributed by atoms with E-state index in [2.05, 4.69) is 10.3 Å². The zero-order chi connectivity index (χ0) is 15.4. The Bertz CT molecular complexity index is 603. The van der Waals surface area contributed by atoms with E-state index in [-0.39, 0.29) is 11.6 Å². The summed E-state index contributed by atoms with van der Waals surface area (Å²) in [6.07, 6.45) is 3.74. The molecule has 0 aliphatic heterocycles. The van der Waals surface area contributed by atoms with Gasteiger partial charge in [-0.05, 0) is 25.8 Å². The van der Waals surface area contributed by atoms with Gasteiger partial charge in [0.15, 0.2) is 11.5 Å². The highest BCUT2D eigenvalue weighted by atomic mass is 16.5. The highest BCUT2D eigenvalue weighted by Gasteiger charge is 2.17. The Morgan fingerprint density at radius 2 is 2.33 bits per heavy atom. The van der Waals surface area contributed by atoms with Crippen LogP contribution in [0.15, 0.2) is 23.0 Å². The second-order valence-electron chi connectivity index (χ2n) is 5.26. The molecule has 1 unspecified atom stereocenters. The topological polar surface area (TPSA) is 84.4 Å². The van der Waals surface area contributed by atoms with Crippen molar-refractivity contribution in [1.82, 2.24) is 19.8 Å². The number of hydrogen-bond acceptors (Lipinski definition) is 5. The molecular weight excluding hydrogens is 272 g/mol. The number of hydrogen-bond donors (Lipinski definition) is 1. The van der Waals surface area contributed by atoms with Gasteiger partial charge >= 0.3 is 0 Å². The number of carbonyl (C=O) groups excluding carboxylic acids is 1. The van der Waals surface area contributed by atoms with Crippen molar-refractivity contribution in [3.05, 3.63) is 35.5 Å². The fraction of sp³-hybridized carbons (Fsp3) is 0.500. The van der Waals surface area contributed by atoms with Gasteiger partial charge in [-0.1, -0.05) is 5.16 Å². The van der Waals surface area contributed by atoms with Crippen molar-refractivity contribution in [1.29, 1.82) is 0 Å². The second kappa shape index (κ2) is 6.53. The monoisotopic (exact) mass is 292 g/mol. The Morgan fingerprint density at radius 3 is 2.95 bits per heavy atom. The van der Waals surface area contributed by atoms with Crippen LogP contribution in [-0.4, -0.2) is 50.5 Å². The molecule has 2 heterocycles. The van der Waals surface area contributed by atoms with E-state index in [4.69, 9.17) is 4.52 Å². The lowest BCUT2D eigenvalue weighted by Gasteiger charge is -2.16. The molecule has 1 atom stereocenters. The van der Waals surface area contributed by atoms with Gasteiger partial charge in [0.2, 0.25) is 0 Å². The molecule has 0 fully saturated rings. The van der Waals surface area contributed by atoms with E-state index in [0.717, 1.165) is 5.56 Å². The molecule has 1 N–H and O–H groups in total. The fourth-order valence-electron chi connectivity index (χ4n) is 1.88. The molecule has 0 aliphatic carbocycles. The predicted molar refractivity (Wildman–Crippen MR) is 75.8 cm³/mol. The first kappa shape index (κ1) is 15.2. The molecule has 0 aromatic carbocycles. The van der Waals surface area contributed by atoms with E-state index in [1.807, 2.05) is 13.1 Å². The van der Waals surface area contributed by atoms with Crippen molar-refractivity contribution in [2.45, 2.75) is 32.9 Å². The summed E-state index contributed by atoms with van der Waals surface area (Å²) in [6, 6.07) is 1.62. The number of carbonyl (C=O) groups is 1. The molecule has 0 radical (unpaired) electrons. The smallest absolute Gasteiger partial charge is 0.275 e. The lowest BCUT2D eigenvalue weighted by Crippen LogP contribution is -2.29. The van der Waals surface area contributed by atoms with Crippen LogP contribution in [0.4, 0.5) is 0 Å². The molecule has 2 aromatic rings. The molecule has 0 aliphatic rings. The van der Waals surface area contributed by atoms with Crippen LogP contribution in [0.25, 0.3) is 0 Å². The summed E-state index contributed by atoms with van der Waals surface area (Å²) in [5, 5.41) is 17.2. The first-order valence-electron chi connectivity index (χ1n) is 6.84. The molecule has 114 valence electrons.